The van der Waals surface area contributed by atoms with Crippen LogP contribution in [0, 0.1) is 0 Å². The normalized spacial score (nSPS) is 18.8. The maximum absolute atomic E-state index is 4.51. The maximum Gasteiger partial charge on any atom is 0.229 e. The smallest absolute Gasteiger partial charge is 0.229 e. The molecule has 0 unspecified atom stereocenters. The minimum Gasteiger partial charge on any atom is -0.337 e. The van der Waals surface area contributed by atoms with Crippen molar-refractivity contribution in [1.29, 1.82) is 0 Å². The van der Waals surface area contributed by atoms with E-state index in [1.165, 1.54) is 16.9 Å². The van der Waals surface area contributed by atoms with Crippen LogP contribution in [-0.4, -0.2) is 44.1 Å². The molecule has 1 aromatic carbocycles. The molecule has 0 saturated carbocycles. The van der Waals surface area contributed by atoms with Crippen LogP contribution in [0.3, 0.4) is 0 Å². The Balaban J connectivity index is 1.39. The van der Waals surface area contributed by atoms with Gasteiger partial charge in [0, 0.05) is 49.8 Å². The Hall–Kier alpha value is -2.73. The van der Waals surface area contributed by atoms with E-state index in [2.05, 4.69) is 60.6 Å². The van der Waals surface area contributed by atoms with Crippen molar-refractivity contribution in [3.63, 3.8) is 0 Å². The minimum atomic E-state index is 0.193. The Labute approximate surface area is 159 Å². The van der Waals surface area contributed by atoms with E-state index in [9.17, 15) is 0 Å². The second-order valence-corrected chi connectivity index (χ2v) is 7.70. The van der Waals surface area contributed by atoms with Gasteiger partial charge >= 0.3 is 0 Å². The van der Waals surface area contributed by atoms with Gasteiger partial charge in [0.2, 0.25) is 5.95 Å². The lowest BCUT2D eigenvalue weighted by Crippen LogP contribution is -2.44. The van der Waals surface area contributed by atoms with E-state index in [0.29, 0.717) is 0 Å². The van der Waals surface area contributed by atoms with Crippen molar-refractivity contribution in [2.24, 2.45) is 7.05 Å². The maximum atomic E-state index is 4.51. The van der Waals surface area contributed by atoms with E-state index in [4.69, 9.17) is 0 Å². The molecular formula is C21H24N6. The van der Waals surface area contributed by atoms with Crippen LogP contribution < -0.4 is 4.90 Å². The number of hydrogen-bond donors (Lipinski definition) is 0. The van der Waals surface area contributed by atoms with Crippen molar-refractivity contribution in [2.45, 2.75) is 24.8 Å². The average Bonchev–Trinajstić information content (AvgIpc) is 3.26. The zero-order valence-corrected chi connectivity index (χ0v) is 15.6. The lowest BCUT2D eigenvalue weighted by atomic mass is 9.74. The summed E-state index contributed by atoms with van der Waals surface area (Å²) in [6.45, 7) is 4.14. The largest absolute Gasteiger partial charge is 0.337 e. The number of benzene rings is 1. The molecule has 6 heteroatoms. The van der Waals surface area contributed by atoms with Gasteiger partial charge in [-0.25, -0.2) is 15.0 Å². The molecule has 1 spiro atoms. The van der Waals surface area contributed by atoms with Gasteiger partial charge in [-0.15, -0.1) is 0 Å². The van der Waals surface area contributed by atoms with Crippen molar-refractivity contribution < 1.29 is 0 Å². The van der Waals surface area contributed by atoms with Crippen molar-refractivity contribution in [2.75, 3.05) is 24.5 Å². The average molecular weight is 360 g/mol. The molecular weight excluding hydrogens is 336 g/mol. The van der Waals surface area contributed by atoms with Gasteiger partial charge in [-0.1, -0.05) is 18.2 Å². The summed E-state index contributed by atoms with van der Waals surface area (Å²) in [4.78, 5) is 18.1. The molecule has 138 valence electrons. The fourth-order valence-corrected chi connectivity index (χ4v) is 4.57. The van der Waals surface area contributed by atoms with Gasteiger partial charge in [0.25, 0.3) is 0 Å². The van der Waals surface area contributed by atoms with Gasteiger partial charge < -0.3 is 9.47 Å². The minimum absolute atomic E-state index is 0.193. The SMILES string of the molecule is Cn1cncc1CN1CCC2(CC1)CN(c1ncccn1)c1ccccc12. The van der Waals surface area contributed by atoms with E-state index in [1.54, 1.807) is 0 Å². The molecule has 1 saturated heterocycles. The first-order valence-corrected chi connectivity index (χ1v) is 9.57. The fraction of sp³-hybridized carbons (Fsp3) is 0.381. The summed E-state index contributed by atoms with van der Waals surface area (Å²) >= 11 is 0. The molecule has 6 nitrogen and oxygen atoms in total. The molecule has 4 heterocycles. The predicted octanol–water partition coefficient (Wildman–Crippen LogP) is 2.90. The number of aromatic nitrogens is 4. The summed E-state index contributed by atoms with van der Waals surface area (Å²) in [5.41, 5.74) is 4.19. The number of piperidine rings is 1. The van der Waals surface area contributed by atoms with Gasteiger partial charge in [0.05, 0.1) is 12.0 Å². The highest BCUT2D eigenvalue weighted by Gasteiger charge is 2.45. The number of hydrogen-bond acceptors (Lipinski definition) is 5. The van der Waals surface area contributed by atoms with Gasteiger partial charge in [-0.05, 0) is 43.6 Å². The van der Waals surface area contributed by atoms with Crippen LogP contribution in [-0.2, 0) is 19.0 Å². The third-order valence-electron chi connectivity index (χ3n) is 6.14. The van der Waals surface area contributed by atoms with Crippen molar-refractivity contribution in [3.05, 3.63) is 66.5 Å². The molecule has 0 N–H and O–H groups in total. The van der Waals surface area contributed by atoms with Gasteiger partial charge in [0.1, 0.15) is 0 Å². The summed E-state index contributed by atoms with van der Waals surface area (Å²) in [6, 6.07) is 10.7. The molecule has 2 aliphatic heterocycles. The Morgan fingerprint density at radius 3 is 2.56 bits per heavy atom. The summed E-state index contributed by atoms with van der Waals surface area (Å²) in [7, 11) is 2.07. The Morgan fingerprint density at radius 1 is 1.04 bits per heavy atom. The molecule has 0 amide bonds. The summed E-state index contributed by atoms with van der Waals surface area (Å²) in [5.74, 6) is 0.805. The van der Waals surface area contributed by atoms with Gasteiger partial charge in [0.15, 0.2) is 0 Å². The molecule has 3 aromatic rings. The van der Waals surface area contributed by atoms with Gasteiger partial charge in [-0.2, -0.15) is 0 Å². The van der Waals surface area contributed by atoms with Gasteiger partial charge in [-0.3, -0.25) is 4.90 Å². The Kier molecular flexibility index (Phi) is 3.93. The number of nitrogens with zero attached hydrogens (tertiary/aromatic N) is 6. The first-order chi connectivity index (χ1) is 13.3. The zero-order chi connectivity index (χ0) is 18.3. The summed E-state index contributed by atoms with van der Waals surface area (Å²) in [5, 5.41) is 0. The van der Waals surface area contributed by atoms with Crippen molar-refractivity contribution in [3.8, 4) is 0 Å². The number of anilines is 2. The predicted molar refractivity (Wildman–Crippen MR) is 105 cm³/mol. The zero-order valence-electron chi connectivity index (χ0n) is 15.6. The van der Waals surface area contributed by atoms with Crippen LogP contribution >= 0.6 is 0 Å². The molecule has 0 bridgehead atoms. The van der Waals surface area contributed by atoms with E-state index in [0.717, 1.165) is 45.0 Å². The Bertz CT molecular complexity index is 927. The molecule has 0 radical (unpaired) electrons. The summed E-state index contributed by atoms with van der Waals surface area (Å²) in [6.07, 6.45) is 9.82. The van der Waals surface area contributed by atoms with Crippen molar-refractivity contribution >= 4 is 11.6 Å². The lowest BCUT2D eigenvalue weighted by Gasteiger charge is -2.39. The quantitative estimate of drug-likeness (QED) is 0.719. The van der Waals surface area contributed by atoms with Crippen LogP contribution in [0.15, 0.2) is 55.2 Å². The van der Waals surface area contributed by atoms with Crippen LogP contribution in [0.1, 0.15) is 24.1 Å². The molecule has 2 aliphatic rings. The third kappa shape index (κ3) is 2.80. The highest BCUT2D eigenvalue weighted by molar-refractivity contribution is 5.69. The van der Waals surface area contributed by atoms with Crippen LogP contribution in [0.25, 0.3) is 0 Å². The van der Waals surface area contributed by atoms with Crippen LogP contribution in [0.5, 0.6) is 0 Å². The second kappa shape index (κ2) is 6.46. The number of rotatable bonds is 3. The highest BCUT2D eigenvalue weighted by Crippen LogP contribution is 2.48. The lowest BCUT2D eigenvalue weighted by molar-refractivity contribution is 0.158. The topological polar surface area (TPSA) is 50.1 Å². The molecule has 1 fully saturated rings. The van der Waals surface area contributed by atoms with E-state index in [-0.39, 0.29) is 5.41 Å². The number of fused-ring (bicyclic) bond motifs is 2. The first kappa shape index (κ1) is 16.4. The fourth-order valence-electron chi connectivity index (χ4n) is 4.57. The molecule has 5 rings (SSSR count). The number of likely N-dealkylation sites (tertiary alicyclic amines) is 1. The monoisotopic (exact) mass is 360 g/mol. The molecule has 27 heavy (non-hydrogen) atoms. The number of imidazole rings is 1. The molecule has 0 aliphatic carbocycles. The third-order valence-corrected chi connectivity index (χ3v) is 6.14. The van der Waals surface area contributed by atoms with Crippen molar-refractivity contribution in [1.82, 2.24) is 24.4 Å². The van der Waals surface area contributed by atoms with Crippen LogP contribution in [0.4, 0.5) is 11.6 Å². The molecule has 2 aromatic heterocycles. The number of para-hydroxylation sites is 1. The second-order valence-electron chi connectivity index (χ2n) is 7.70. The molecule has 0 atom stereocenters. The Morgan fingerprint density at radius 2 is 1.81 bits per heavy atom. The van der Waals surface area contributed by atoms with Crippen LogP contribution in [0.2, 0.25) is 0 Å². The first-order valence-electron chi connectivity index (χ1n) is 9.57. The summed E-state index contributed by atoms with van der Waals surface area (Å²) < 4.78 is 2.11. The number of aryl methyl sites for hydroxylation is 1. The van der Waals surface area contributed by atoms with E-state index >= 15 is 0 Å². The highest BCUT2D eigenvalue weighted by atomic mass is 15.3. The van der Waals surface area contributed by atoms with E-state index in [1.807, 2.05) is 31.0 Å². The van der Waals surface area contributed by atoms with E-state index < -0.39 is 0 Å². The standard InChI is InChI=1S/C21H24N6/c1-25-16-22-13-17(25)14-26-11-7-21(8-12-26)15-27(20-23-9-4-10-24-20)19-6-3-2-5-18(19)21/h2-6,9-10,13,16H,7-8,11-12,14-15H2,1H3.